The van der Waals surface area contributed by atoms with E-state index in [4.69, 9.17) is 10.9 Å². The Labute approximate surface area is 112 Å². The maximum atomic E-state index is 13.5. The fourth-order valence-electron chi connectivity index (χ4n) is 2.61. The highest BCUT2D eigenvalue weighted by molar-refractivity contribution is 5.97. The number of hydrogen-bond donors (Lipinski definition) is 3. The Morgan fingerprint density at radius 2 is 2.26 bits per heavy atom. The Kier molecular flexibility index (Phi) is 4.37. The Balaban J connectivity index is 2.02. The van der Waals surface area contributed by atoms with Crippen LogP contribution in [0.4, 0.5) is 4.39 Å². The van der Waals surface area contributed by atoms with E-state index < -0.39 is 0 Å². The van der Waals surface area contributed by atoms with Crippen molar-refractivity contribution in [2.45, 2.75) is 38.8 Å². The minimum Gasteiger partial charge on any atom is -0.409 e. The van der Waals surface area contributed by atoms with Gasteiger partial charge in [0.25, 0.3) is 0 Å². The Bertz CT molecular complexity index is 476. The van der Waals surface area contributed by atoms with Gasteiger partial charge in [0, 0.05) is 18.2 Å². The molecule has 19 heavy (non-hydrogen) atoms. The van der Waals surface area contributed by atoms with Gasteiger partial charge in [-0.3, -0.25) is 0 Å². The van der Waals surface area contributed by atoms with Crippen LogP contribution in [-0.4, -0.2) is 17.1 Å². The molecule has 2 unspecified atom stereocenters. The van der Waals surface area contributed by atoms with E-state index in [0.717, 1.165) is 11.5 Å². The summed E-state index contributed by atoms with van der Waals surface area (Å²) in [6, 6.07) is 4.98. The van der Waals surface area contributed by atoms with Crippen LogP contribution < -0.4 is 11.1 Å². The summed E-state index contributed by atoms with van der Waals surface area (Å²) >= 11 is 0. The van der Waals surface area contributed by atoms with Gasteiger partial charge in [0.2, 0.25) is 0 Å². The number of amidine groups is 1. The molecule has 0 aromatic heterocycles. The zero-order chi connectivity index (χ0) is 13.8. The average Bonchev–Trinajstić information content (AvgIpc) is 2.80. The molecule has 0 bridgehead atoms. The quantitative estimate of drug-likeness (QED) is 0.338. The number of nitrogens with two attached hydrogens (primary N) is 1. The summed E-state index contributed by atoms with van der Waals surface area (Å²) in [4.78, 5) is 0. The smallest absolute Gasteiger partial charge is 0.170 e. The number of benzene rings is 1. The van der Waals surface area contributed by atoms with Gasteiger partial charge in [-0.1, -0.05) is 12.1 Å². The molecule has 1 aliphatic carbocycles. The van der Waals surface area contributed by atoms with E-state index in [1.807, 2.05) is 0 Å². The van der Waals surface area contributed by atoms with Crippen molar-refractivity contribution in [1.82, 2.24) is 5.32 Å². The van der Waals surface area contributed by atoms with E-state index in [1.165, 1.54) is 31.4 Å². The number of halogens is 1. The van der Waals surface area contributed by atoms with Gasteiger partial charge < -0.3 is 16.3 Å². The van der Waals surface area contributed by atoms with Gasteiger partial charge in [-0.05, 0) is 48.9 Å². The first-order chi connectivity index (χ1) is 9.08. The highest BCUT2D eigenvalue weighted by Crippen LogP contribution is 2.24. The van der Waals surface area contributed by atoms with Gasteiger partial charge in [-0.15, -0.1) is 0 Å². The molecule has 0 spiro atoms. The molecule has 0 amide bonds. The maximum Gasteiger partial charge on any atom is 0.170 e. The third-order valence-electron chi connectivity index (χ3n) is 3.65. The lowest BCUT2D eigenvalue weighted by Gasteiger charge is -2.13. The van der Waals surface area contributed by atoms with Crippen molar-refractivity contribution in [3.8, 4) is 0 Å². The van der Waals surface area contributed by atoms with E-state index in [-0.39, 0.29) is 11.7 Å². The van der Waals surface area contributed by atoms with Crippen LogP contribution in [0, 0.1) is 11.7 Å². The molecule has 0 saturated heterocycles. The third-order valence-corrected chi connectivity index (χ3v) is 3.65. The SMILES string of the molecule is CC1CCC(NCc2cc(F)cc(/C(N)=N/O)c2)C1. The molecular weight excluding hydrogens is 245 g/mol. The zero-order valence-electron chi connectivity index (χ0n) is 11.1. The second-order valence-corrected chi connectivity index (χ2v) is 5.33. The molecule has 104 valence electrons. The molecule has 2 rings (SSSR count). The van der Waals surface area contributed by atoms with Crippen LogP contribution in [-0.2, 0) is 6.54 Å². The van der Waals surface area contributed by atoms with Crippen molar-refractivity contribution in [1.29, 1.82) is 0 Å². The molecule has 4 nitrogen and oxygen atoms in total. The van der Waals surface area contributed by atoms with Crippen molar-refractivity contribution in [3.05, 3.63) is 35.1 Å². The van der Waals surface area contributed by atoms with Crippen LogP contribution in [0.3, 0.4) is 0 Å². The van der Waals surface area contributed by atoms with Crippen LogP contribution >= 0.6 is 0 Å². The highest BCUT2D eigenvalue weighted by atomic mass is 19.1. The van der Waals surface area contributed by atoms with E-state index >= 15 is 0 Å². The first kappa shape index (κ1) is 13.8. The number of nitrogens with zero attached hydrogens (tertiary/aromatic N) is 1. The monoisotopic (exact) mass is 265 g/mol. The summed E-state index contributed by atoms with van der Waals surface area (Å²) in [5, 5.41) is 15.0. The molecule has 5 heteroatoms. The first-order valence-corrected chi connectivity index (χ1v) is 6.59. The summed E-state index contributed by atoms with van der Waals surface area (Å²) in [6.45, 7) is 2.85. The lowest BCUT2D eigenvalue weighted by atomic mass is 10.1. The van der Waals surface area contributed by atoms with Gasteiger partial charge >= 0.3 is 0 Å². The Morgan fingerprint density at radius 3 is 2.89 bits per heavy atom. The lowest BCUT2D eigenvalue weighted by Crippen LogP contribution is -2.26. The van der Waals surface area contributed by atoms with Gasteiger partial charge in [0.1, 0.15) is 5.82 Å². The molecule has 1 saturated carbocycles. The Hall–Kier alpha value is -1.62. The standard InChI is InChI=1S/C14H20FN3O/c1-9-2-3-13(4-9)17-8-10-5-11(14(16)18-19)7-12(15)6-10/h5-7,9,13,17,19H,2-4,8H2,1H3,(H2,16,18). The third kappa shape index (κ3) is 3.67. The number of hydrogen-bond acceptors (Lipinski definition) is 3. The van der Waals surface area contributed by atoms with Crippen LogP contribution in [0.25, 0.3) is 0 Å². The average molecular weight is 265 g/mol. The summed E-state index contributed by atoms with van der Waals surface area (Å²) < 4.78 is 13.5. The molecule has 0 heterocycles. The summed E-state index contributed by atoms with van der Waals surface area (Å²) in [7, 11) is 0. The molecular formula is C14H20FN3O. The molecule has 0 radical (unpaired) electrons. The predicted octanol–water partition coefficient (Wildman–Crippen LogP) is 2.20. The molecule has 1 aromatic carbocycles. The highest BCUT2D eigenvalue weighted by Gasteiger charge is 2.20. The van der Waals surface area contributed by atoms with Crippen molar-refractivity contribution in [3.63, 3.8) is 0 Å². The van der Waals surface area contributed by atoms with Crippen LogP contribution in [0.2, 0.25) is 0 Å². The van der Waals surface area contributed by atoms with E-state index in [2.05, 4.69) is 17.4 Å². The van der Waals surface area contributed by atoms with Gasteiger partial charge in [-0.2, -0.15) is 0 Å². The minimum atomic E-state index is -0.374. The molecule has 0 aliphatic heterocycles. The molecule has 1 aromatic rings. The summed E-state index contributed by atoms with van der Waals surface area (Å²) in [5.74, 6) is 0.314. The first-order valence-electron chi connectivity index (χ1n) is 6.59. The molecule has 1 aliphatic rings. The number of rotatable bonds is 4. The minimum absolute atomic E-state index is 0.0739. The predicted molar refractivity (Wildman–Crippen MR) is 72.6 cm³/mol. The largest absolute Gasteiger partial charge is 0.409 e. The molecule has 2 atom stereocenters. The van der Waals surface area contributed by atoms with E-state index in [1.54, 1.807) is 6.07 Å². The van der Waals surface area contributed by atoms with E-state index in [9.17, 15) is 4.39 Å². The lowest BCUT2D eigenvalue weighted by molar-refractivity contribution is 0.318. The summed E-state index contributed by atoms with van der Waals surface area (Å²) in [5.41, 5.74) is 6.69. The van der Waals surface area contributed by atoms with Crippen LogP contribution in [0.15, 0.2) is 23.4 Å². The van der Waals surface area contributed by atoms with Gasteiger partial charge in [0.05, 0.1) is 0 Å². The maximum absolute atomic E-state index is 13.5. The fraction of sp³-hybridized carbons (Fsp3) is 0.500. The molecule has 4 N–H and O–H groups in total. The summed E-state index contributed by atoms with van der Waals surface area (Å²) in [6.07, 6.45) is 3.59. The topological polar surface area (TPSA) is 70.6 Å². The zero-order valence-corrected chi connectivity index (χ0v) is 11.1. The van der Waals surface area contributed by atoms with Crippen molar-refractivity contribution in [2.24, 2.45) is 16.8 Å². The van der Waals surface area contributed by atoms with Gasteiger partial charge in [-0.25, -0.2) is 4.39 Å². The number of nitrogens with one attached hydrogen (secondary N) is 1. The second-order valence-electron chi connectivity index (χ2n) is 5.33. The van der Waals surface area contributed by atoms with Crippen molar-refractivity contribution in [2.75, 3.05) is 0 Å². The van der Waals surface area contributed by atoms with Gasteiger partial charge in [0.15, 0.2) is 5.84 Å². The van der Waals surface area contributed by atoms with E-state index in [0.29, 0.717) is 18.2 Å². The van der Waals surface area contributed by atoms with Crippen molar-refractivity contribution < 1.29 is 9.60 Å². The van der Waals surface area contributed by atoms with Crippen molar-refractivity contribution >= 4 is 5.84 Å². The normalized spacial score (nSPS) is 23.8. The molecule has 1 fully saturated rings. The fourth-order valence-corrected chi connectivity index (χ4v) is 2.61. The Morgan fingerprint density at radius 1 is 1.47 bits per heavy atom. The van der Waals surface area contributed by atoms with Crippen LogP contribution in [0.5, 0.6) is 0 Å². The second kappa shape index (κ2) is 6.02. The van der Waals surface area contributed by atoms with Crippen LogP contribution in [0.1, 0.15) is 37.3 Å². The number of oxime groups is 1.